The average Bonchev–Trinajstić information content (AvgIpc) is 1.80. The Morgan fingerprint density at radius 1 is 1.18 bits per heavy atom. The van der Waals surface area contributed by atoms with E-state index in [1.165, 1.54) is 0 Å². The first kappa shape index (κ1) is 10.7. The smallest absolute Gasteiger partial charge is 0.0572 e. The zero-order valence-corrected chi connectivity index (χ0v) is 8.26. The molecule has 0 aliphatic carbocycles. The predicted octanol–water partition coefficient (Wildman–Crippen LogP) is 2.61. The Morgan fingerprint density at radius 3 is 1.91 bits per heavy atom. The molecule has 0 aromatic heterocycles. The lowest BCUT2D eigenvalue weighted by atomic mass is 9.93. The molecule has 0 aliphatic rings. The third-order valence-electron chi connectivity index (χ3n) is 1.66. The van der Waals surface area contributed by atoms with Gasteiger partial charge in [0.25, 0.3) is 0 Å². The molecular formula is C10H20O. The van der Waals surface area contributed by atoms with E-state index in [0.717, 1.165) is 0 Å². The molecule has 0 aromatic carbocycles. The molecule has 1 N–H and O–H groups in total. The van der Waals surface area contributed by atoms with E-state index in [0.29, 0.717) is 0 Å². The standard InChI is InChI=1S/C10H20O/c1-8(9(2)11)6-7-10(3,4)5/h6-9,11H,1-5H3/b7-6+. The van der Waals surface area contributed by atoms with Crippen molar-refractivity contribution in [2.24, 2.45) is 11.3 Å². The van der Waals surface area contributed by atoms with Gasteiger partial charge in [-0.15, -0.1) is 0 Å². The zero-order valence-electron chi connectivity index (χ0n) is 8.26. The van der Waals surface area contributed by atoms with E-state index in [-0.39, 0.29) is 17.4 Å². The highest BCUT2D eigenvalue weighted by atomic mass is 16.3. The molecule has 0 spiro atoms. The topological polar surface area (TPSA) is 20.2 Å². The van der Waals surface area contributed by atoms with Crippen molar-refractivity contribution < 1.29 is 5.11 Å². The monoisotopic (exact) mass is 156 g/mol. The van der Waals surface area contributed by atoms with E-state index in [1.807, 2.05) is 13.8 Å². The SMILES string of the molecule is CC(O)C(C)/C=C/C(C)(C)C. The largest absolute Gasteiger partial charge is 0.393 e. The maximum atomic E-state index is 9.17. The Kier molecular flexibility index (Phi) is 3.81. The highest BCUT2D eigenvalue weighted by Crippen LogP contribution is 2.16. The number of aliphatic hydroxyl groups excluding tert-OH is 1. The number of hydrogen-bond donors (Lipinski definition) is 1. The Bertz CT molecular complexity index is 128. The van der Waals surface area contributed by atoms with Crippen molar-refractivity contribution in [1.29, 1.82) is 0 Å². The van der Waals surface area contributed by atoms with Crippen LogP contribution in [0.5, 0.6) is 0 Å². The number of aliphatic hydroxyl groups is 1. The first-order valence-corrected chi connectivity index (χ1v) is 4.20. The van der Waals surface area contributed by atoms with Gasteiger partial charge in [-0.25, -0.2) is 0 Å². The van der Waals surface area contributed by atoms with Crippen LogP contribution in [0.2, 0.25) is 0 Å². The molecule has 66 valence electrons. The first-order chi connectivity index (χ1) is 4.83. The highest BCUT2D eigenvalue weighted by molar-refractivity contribution is 4.95. The molecule has 1 nitrogen and oxygen atoms in total. The molecule has 0 bridgehead atoms. The first-order valence-electron chi connectivity index (χ1n) is 4.20. The summed E-state index contributed by atoms with van der Waals surface area (Å²) in [5, 5.41) is 9.17. The fraction of sp³-hybridized carbons (Fsp3) is 0.800. The van der Waals surface area contributed by atoms with E-state index in [9.17, 15) is 0 Å². The minimum atomic E-state index is -0.242. The summed E-state index contributed by atoms with van der Waals surface area (Å²) in [6, 6.07) is 0. The second-order valence-corrected chi connectivity index (χ2v) is 4.32. The van der Waals surface area contributed by atoms with Crippen molar-refractivity contribution in [2.75, 3.05) is 0 Å². The molecular weight excluding hydrogens is 136 g/mol. The molecule has 0 aromatic rings. The van der Waals surface area contributed by atoms with Crippen molar-refractivity contribution >= 4 is 0 Å². The molecule has 0 heterocycles. The van der Waals surface area contributed by atoms with Crippen molar-refractivity contribution in [3.8, 4) is 0 Å². The predicted molar refractivity (Wildman–Crippen MR) is 49.4 cm³/mol. The Balaban J connectivity index is 3.93. The second kappa shape index (κ2) is 3.91. The fourth-order valence-electron chi connectivity index (χ4n) is 0.601. The highest BCUT2D eigenvalue weighted by Gasteiger charge is 2.07. The molecule has 2 atom stereocenters. The van der Waals surface area contributed by atoms with Gasteiger partial charge in [0.2, 0.25) is 0 Å². The van der Waals surface area contributed by atoms with Gasteiger partial charge in [0.1, 0.15) is 0 Å². The Labute approximate surface area is 70.1 Å². The summed E-state index contributed by atoms with van der Waals surface area (Å²) in [4.78, 5) is 0. The summed E-state index contributed by atoms with van der Waals surface area (Å²) in [7, 11) is 0. The van der Waals surface area contributed by atoms with E-state index < -0.39 is 0 Å². The fourth-order valence-corrected chi connectivity index (χ4v) is 0.601. The third-order valence-corrected chi connectivity index (χ3v) is 1.66. The maximum Gasteiger partial charge on any atom is 0.0572 e. The van der Waals surface area contributed by atoms with Gasteiger partial charge in [-0.1, -0.05) is 39.8 Å². The molecule has 0 saturated carbocycles. The van der Waals surface area contributed by atoms with E-state index >= 15 is 0 Å². The molecule has 0 saturated heterocycles. The summed E-state index contributed by atoms with van der Waals surface area (Å²) in [6.07, 6.45) is 3.98. The lowest BCUT2D eigenvalue weighted by molar-refractivity contribution is 0.157. The van der Waals surface area contributed by atoms with Crippen LogP contribution < -0.4 is 0 Å². The lowest BCUT2D eigenvalue weighted by Gasteiger charge is -2.14. The van der Waals surface area contributed by atoms with Crippen LogP contribution in [0.25, 0.3) is 0 Å². The minimum Gasteiger partial charge on any atom is -0.393 e. The van der Waals surface area contributed by atoms with Gasteiger partial charge in [-0.05, 0) is 18.3 Å². The number of allylic oxidation sites excluding steroid dienone is 1. The Hall–Kier alpha value is -0.300. The molecule has 0 fully saturated rings. The Morgan fingerprint density at radius 2 is 1.64 bits per heavy atom. The van der Waals surface area contributed by atoms with Crippen LogP contribution in [0.3, 0.4) is 0 Å². The number of hydrogen-bond acceptors (Lipinski definition) is 1. The summed E-state index contributed by atoms with van der Waals surface area (Å²) < 4.78 is 0. The molecule has 1 heteroatoms. The van der Waals surface area contributed by atoms with Gasteiger partial charge < -0.3 is 5.11 Å². The lowest BCUT2D eigenvalue weighted by Crippen LogP contribution is -2.11. The molecule has 0 rings (SSSR count). The summed E-state index contributed by atoms with van der Waals surface area (Å²) >= 11 is 0. The maximum absolute atomic E-state index is 9.17. The molecule has 11 heavy (non-hydrogen) atoms. The van der Waals surface area contributed by atoms with Gasteiger partial charge in [0, 0.05) is 0 Å². The van der Waals surface area contributed by atoms with Crippen LogP contribution in [0.1, 0.15) is 34.6 Å². The normalized spacial score (nSPS) is 18.7. The average molecular weight is 156 g/mol. The minimum absolute atomic E-state index is 0.225. The van der Waals surface area contributed by atoms with Gasteiger partial charge >= 0.3 is 0 Å². The van der Waals surface area contributed by atoms with Crippen molar-refractivity contribution in [2.45, 2.75) is 40.7 Å². The quantitative estimate of drug-likeness (QED) is 0.609. The molecule has 0 radical (unpaired) electrons. The van der Waals surface area contributed by atoms with Crippen LogP contribution in [0, 0.1) is 11.3 Å². The van der Waals surface area contributed by atoms with Crippen molar-refractivity contribution in [1.82, 2.24) is 0 Å². The molecule has 0 aliphatic heterocycles. The van der Waals surface area contributed by atoms with Crippen LogP contribution in [-0.4, -0.2) is 11.2 Å². The van der Waals surface area contributed by atoms with Crippen molar-refractivity contribution in [3.63, 3.8) is 0 Å². The molecule has 2 unspecified atom stereocenters. The third kappa shape index (κ3) is 6.11. The van der Waals surface area contributed by atoms with Crippen LogP contribution in [-0.2, 0) is 0 Å². The van der Waals surface area contributed by atoms with Gasteiger partial charge in [0.05, 0.1) is 6.10 Å². The van der Waals surface area contributed by atoms with Gasteiger partial charge in [0.15, 0.2) is 0 Å². The zero-order chi connectivity index (χ0) is 9.07. The van der Waals surface area contributed by atoms with Gasteiger partial charge in [-0.2, -0.15) is 0 Å². The second-order valence-electron chi connectivity index (χ2n) is 4.32. The summed E-state index contributed by atoms with van der Waals surface area (Å²) in [5.74, 6) is 0.259. The van der Waals surface area contributed by atoms with E-state index in [1.54, 1.807) is 0 Å². The van der Waals surface area contributed by atoms with Crippen molar-refractivity contribution in [3.05, 3.63) is 12.2 Å². The summed E-state index contributed by atoms with van der Waals surface area (Å²) in [5.41, 5.74) is 0.225. The van der Waals surface area contributed by atoms with Crippen LogP contribution in [0.15, 0.2) is 12.2 Å². The van der Waals surface area contributed by atoms with E-state index in [4.69, 9.17) is 5.11 Å². The van der Waals surface area contributed by atoms with Gasteiger partial charge in [-0.3, -0.25) is 0 Å². The number of rotatable bonds is 2. The van der Waals surface area contributed by atoms with E-state index in [2.05, 4.69) is 32.9 Å². The summed E-state index contributed by atoms with van der Waals surface area (Å²) in [6.45, 7) is 10.3. The molecule has 0 amide bonds. The van der Waals surface area contributed by atoms with Crippen LogP contribution >= 0.6 is 0 Å². The van der Waals surface area contributed by atoms with Crippen LogP contribution in [0.4, 0.5) is 0 Å².